The topological polar surface area (TPSA) is 0 Å². The van der Waals surface area contributed by atoms with Gasteiger partial charge in [0.25, 0.3) is 0 Å². The van der Waals surface area contributed by atoms with E-state index in [1.54, 1.807) is 12.1 Å². The van der Waals surface area contributed by atoms with Crippen molar-refractivity contribution in [2.45, 2.75) is 38.5 Å². The number of benzene rings is 8. The largest absolute Gasteiger partial charge is 0.207 e. The Bertz CT molecular complexity index is 2740. The molecule has 0 heterocycles. The molecule has 0 spiro atoms. The molecule has 51 heavy (non-hydrogen) atoms. The van der Waals surface area contributed by atoms with Gasteiger partial charge in [0.15, 0.2) is 0 Å². The normalized spacial score (nSPS) is 14.7. The Labute approximate surface area is 298 Å². The Morgan fingerprint density at radius 2 is 0.843 bits per heavy atom. The molecule has 2 aliphatic carbocycles. The molecule has 0 saturated carbocycles. The molecular weight excluding hydrogens is 620 g/mol. The standard InChI is InChI=1S/C50H37F/c1-49(2)43-18-10-8-15-39(43)48-40(16-11-19-44(48)49)47-37-14-6-5-13-36(37)46(30-20-24-33(51)25-21-30)38-27-23-31(28-41(38)47)32-22-26-35-34-12-7-9-17-42(34)50(3,4)45(35)29-32/h5-29H,1-4H3. The summed E-state index contributed by atoms with van der Waals surface area (Å²) in [7, 11) is 0. The van der Waals surface area contributed by atoms with Crippen molar-refractivity contribution in [1.82, 2.24) is 0 Å². The highest BCUT2D eigenvalue weighted by molar-refractivity contribution is 6.23. The highest BCUT2D eigenvalue weighted by Gasteiger charge is 2.38. The third-order valence-corrected chi connectivity index (χ3v) is 12.0. The van der Waals surface area contributed by atoms with Gasteiger partial charge in [0.05, 0.1) is 0 Å². The van der Waals surface area contributed by atoms with Gasteiger partial charge in [0, 0.05) is 10.8 Å². The molecule has 0 aliphatic heterocycles. The molecule has 0 aromatic heterocycles. The lowest BCUT2D eigenvalue weighted by molar-refractivity contribution is 0.628. The molecule has 0 radical (unpaired) electrons. The lowest BCUT2D eigenvalue weighted by Crippen LogP contribution is -2.14. The predicted molar refractivity (Wildman–Crippen MR) is 213 cm³/mol. The minimum Gasteiger partial charge on any atom is -0.207 e. The lowest BCUT2D eigenvalue weighted by atomic mass is 9.80. The molecule has 0 N–H and O–H groups in total. The van der Waals surface area contributed by atoms with E-state index in [9.17, 15) is 4.39 Å². The van der Waals surface area contributed by atoms with E-state index in [4.69, 9.17) is 0 Å². The third kappa shape index (κ3) is 4.18. The minimum atomic E-state index is -0.228. The summed E-state index contributed by atoms with van der Waals surface area (Å²) in [4.78, 5) is 0. The summed E-state index contributed by atoms with van der Waals surface area (Å²) >= 11 is 0. The van der Waals surface area contributed by atoms with E-state index in [0.717, 1.165) is 16.5 Å². The molecule has 2 aliphatic rings. The van der Waals surface area contributed by atoms with E-state index in [-0.39, 0.29) is 16.6 Å². The zero-order chi connectivity index (χ0) is 34.6. The Hall–Kier alpha value is -5.79. The molecule has 0 unspecified atom stereocenters. The summed E-state index contributed by atoms with van der Waals surface area (Å²) < 4.78 is 14.3. The first kappa shape index (κ1) is 30.1. The van der Waals surface area contributed by atoms with Crippen LogP contribution in [0.1, 0.15) is 49.9 Å². The predicted octanol–water partition coefficient (Wildman–Crippen LogP) is 13.7. The molecule has 0 bridgehead atoms. The molecule has 0 saturated heterocycles. The van der Waals surface area contributed by atoms with Gasteiger partial charge < -0.3 is 0 Å². The summed E-state index contributed by atoms with van der Waals surface area (Å²) in [6.45, 7) is 9.38. The maximum absolute atomic E-state index is 14.3. The minimum absolute atomic E-state index is 0.0827. The molecule has 0 fully saturated rings. The molecule has 8 aromatic carbocycles. The third-order valence-electron chi connectivity index (χ3n) is 12.0. The highest BCUT2D eigenvalue weighted by Crippen LogP contribution is 2.55. The lowest BCUT2D eigenvalue weighted by Gasteiger charge is -2.23. The van der Waals surface area contributed by atoms with Gasteiger partial charge in [0.1, 0.15) is 5.82 Å². The van der Waals surface area contributed by atoms with Crippen LogP contribution in [0.5, 0.6) is 0 Å². The van der Waals surface area contributed by atoms with Crippen molar-refractivity contribution in [2.75, 3.05) is 0 Å². The number of hydrogen-bond donors (Lipinski definition) is 0. The van der Waals surface area contributed by atoms with Crippen LogP contribution < -0.4 is 0 Å². The molecule has 0 amide bonds. The molecule has 1 heteroatoms. The molecule has 0 atom stereocenters. The highest BCUT2D eigenvalue weighted by atomic mass is 19.1. The summed E-state index contributed by atoms with van der Waals surface area (Å²) in [6.07, 6.45) is 0. The van der Waals surface area contributed by atoms with Crippen LogP contribution in [0.15, 0.2) is 152 Å². The van der Waals surface area contributed by atoms with Gasteiger partial charge in [-0.05, 0) is 124 Å². The first-order valence-electron chi connectivity index (χ1n) is 18.0. The van der Waals surface area contributed by atoms with Crippen molar-refractivity contribution < 1.29 is 4.39 Å². The van der Waals surface area contributed by atoms with Crippen molar-refractivity contribution >= 4 is 21.5 Å². The van der Waals surface area contributed by atoms with Crippen molar-refractivity contribution in [3.8, 4) is 55.6 Å². The number of halogens is 1. The van der Waals surface area contributed by atoms with E-state index >= 15 is 0 Å². The summed E-state index contributed by atoms with van der Waals surface area (Å²) in [6, 6.07) is 54.4. The van der Waals surface area contributed by atoms with Crippen LogP contribution >= 0.6 is 0 Å². The maximum Gasteiger partial charge on any atom is 0.123 e. The van der Waals surface area contributed by atoms with Gasteiger partial charge in [0.2, 0.25) is 0 Å². The van der Waals surface area contributed by atoms with Crippen LogP contribution in [0.25, 0.3) is 77.2 Å². The van der Waals surface area contributed by atoms with E-state index in [0.29, 0.717) is 0 Å². The van der Waals surface area contributed by atoms with E-state index in [1.807, 2.05) is 12.1 Å². The van der Waals surface area contributed by atoms with Crippen LogP contribution in [0, 0.1) is 5.82 Å². The maximum atomic E-state index is 14.3. The van der Waals surface area contributed by atoms with Crippen LogP contribution in [0.2, 0.25) is 0 Å². The smallest absolute Gasteiger partial charge is 0.123 e. The molecule has 10 rings (SSSR count). The summed E-state index contributed by atoms with van der Waals surface area (Å²) in [5.41, 5.74) is 17.6. The van der Waals surface area contributed by atoms with Gasteiger partial charge in [-0.15, -0.1) is 0 Å². The molecule has 8 aromatic rings. The second-order valence-corrected chi connectivity index (χ2v) is 15.4. The first-order chi connectivity index (χ1) is 24.7. The summed E-state index contributed by atoms with van der Waals surface area (Å²) in [5, 5.41) is 4.72. The van der Waals surface area contributed by atoms with Crippen LogP contribution in [0.4, 0.5) is 4.39 Å². The van der Waals surface area contributed by atoms with Crippen LogP contribution in [0.3, 0.4) is 0 Å². The fourth-order valence-electron chi connectivity index (χ4n) is 9.42. The van der Waals surface area contributed by atoms with Crippen molar-refractivity contribution in [3.05, 3.63) is 180 Å². The fraction of sp³-hybridized carbons (Fsp3) is 0.120. The van der Waals surface area contributed by atoms with Crippen LogP contribution in [-0.4, -0.2) is 0 Å². The number of rotatable bonds is 3. The van der Waals surface area contributed by atoms with Gasteiger partial charge in [-0.3, -0.25) is 0 Å². The Morgan fingerprint density at radius 1 is 0.333 bits per heavy atom. The van der Waals surface area contributed by atoms with E-state index in [1.165, 1.54) is 82.9 Å². The zero-order valence-electron chi connectivity index (χ0n) is 29.3. The second kappa shape index (κ2) is 10.6. The van der Waals surface area contributed by atoms with Gasteiger partial charge in [-0.25, -0.2) is 4.39 Å². The Morgan fingerprint density at radius 3 is 1.61 bits per heavy atom. The van der Waals surface area contributed by atoms with Gasteiger partial charge in [-0.2, -0.15) is 0 Å². The average molecular weight is 657 g/mol. The van der Waals surface area contributed by atoms with E-state index in [2.05, 4.69) is 155 Å². The molecule has 0 nitrogen and oxygen atoms in total. The molecular formula is C50H37F. The zero-order valence-corrected chi connectivity index (χ0v) is 29.3. The monoisotopic (exact) mass is 656 g/mol. The summed E-state index contributed by atoms with van der Waals surface area (Å²) in [5.74, 6) is -0.228. The van der Waals surface area contributed by atoms with Crippen LogP contribution in [-0.2, 0) is 10.8 Å². The van der Waals surface area contributed by atoms with Gasteiger partial charge >= 0.3 is 0 Å². The number of hydrogen-bond acceptors (Lipinski definition) is 0. The quantitative estimate of drug-likeness (QED) is 0.166. The number of fused-ring (bicyclic) bond motifs is 8. The average Bonchev–Trinajstić information content (AvgIpc) is 3.53. The van der Waals surface area contributed by atoms with E-state index < -0.39 is 0 Å². The van der Waals surface area contributed by atoms with Crippen molar-refractivity contribution in [1.29, 1.82) is 0 Å². The fourth-order valence-corrected chi connectivity index (χ4v) is 9.42. The molecule has 244 valence electrons. The Kier molecular flexibility index (Phi) is 6.25. The SMILES string of the molecule is CC1(C)c2ccccc2-c2ccc(-c3ccc4c(-c5ccc(F)cc5)c5ccccc5c(-c5cccc6c5-c5ccccc5C6(C)C)c4c3)cc21. The Balaban J connectivity index is 1.30. The first-order valence-corrected chi connectivity index (χ1v) is 18.0. The second-order valence-electron chi connectivity index (χ2n) is 15.4. The van der Waals surface area contributed by atoms with Crippen molar-refractivity contribution in [2.24, 2.45) is 0 Å². The van der Waals surface area contributed by atoms with Gasteiger partial charge in [-0.1, -0.05) is 155 Å². The van der Waals surface area contributed by atoms with Crippen molar-refractivity contribution in [3.63, 3.8) is 0 Å².